The van der Waals surface area contributed by atoms with Crippen molar-refractivity contribution in [1.82, 2.24) is 5.32 Å². The molecule has 0 saturated carbocycles. The van der Waals surface area contributed by atoms with Crippen LogP contribution in [0.2, 0.25) is 0 Å². The molecule has 2 aromatic rings. The van der Waals surface area contributed by atoms with Gasteiger partial charge in [-0.05, 0) is 55.7 Å². The fourth-order valence-corrected chi connectivity index (χ4v) is 2.53. The predicted octanol–water partition coefficient (Wildman–Crippen LogP) is 3.52. The number of nitrogens with one attached hydrogen (secondary N) is 2. The Kier molecular flexibility index (Phi) is 6.06. The zero-order chi connectivity index (χ0) is 18.4. The van der Waals surface area contributed by atoms with Crippen LogP contribution in [0.5, 0.6) is 0 Å². The average Bonchev–Trinajstić information content (AvgIpc) is 2.55. The Morgan fingerprint density at radius 3 is 2.24 bits per heavy atom. The summed E-state index contributed by atoms with van der Waals surface area (Å²) in [5, 5.41) is 5.34. The molecule has 0 aromatic heterocycles. The summed E-state index contributed by atoms with van der Waals surface area (Å²) in [5.41, 5.74) is 4.56. The van der Waals surface area contributed by atoms with Crippen LogP contribution in [0, 0.1) is 26.6 Å². The molecule has 0 fully saturated rings. The van der Waals surface area contributed by atoms with E-state index >= 15 is 0 Å². The number of anilines is 1. The zero-order valence-electron chi connectivity index (χ0n) is 14.5. The number of hydrogen-bond acceptors (Lipinski definition) is 2. The van der Waals surface area contributed by atoms with E-state index in [0.29, 0.717) is 5.56 Å². The van der Waals surface area contributed by atoms with Crippen LogP contribution >= 0.6 is 0 Å². The van der Waals surface area contributed by atoms with Gasteiger partial charge in [-0.2, -0.15) is 0 Å². The molecule has 0 radical (unpaired) electrons. The van der Waals surface area contributed by atoms with Crippen LogP contribution in [0.4, 0.5) is 10.1 Å². The van der Waals surface area contributed by atoms with Gasteiger partial charge in [0.2, 0.25) is 11.8 Å². The molecule has 2 N–H and O–H groups in total. The minimum Gasteiger partial charge on any atom is -0.343 e. The summed E-state index contributed by atoms with van der Waals surface area (Å²) >= 11 is 0. The van der Waals surface area contributed by atoms with Crippen molar-refractivity contribution >= 4 is 23.6 Å². The van der Waals surface area contributed by atoms with Gasteiger partial charge >= 0.3 is 0 Å². The molecule has 130 valence electrons. The van der Waals surface area contributed by atoms with Crippen LogP contribution in [0.1, 0.15) is 22.3 Å². The van der Waals surface area contributed by atoms with Crippen LogP contribution in [-0.2, 0) is 9.59 Å². The van der Waals surface area contributed by atoms with Crippen molar-refractivity contribution in [2.24, 2.45) is 0 Å². The summed E-state index contributed by atoms with van der Waals surface area (Å²) in [7, 11) is 0. The monoisotopic (exact) mass is 340 g/mol. The van der Waals surface area contributed by atoms with E-state index in [1.54, 1.807) is 18.2 Å². The molecule has 0 bridgehead atoms. The van der Waals surface area contributed by atoms with Crippen molar-refractivity contribution in [2.75, 3.05) is 11.9 Å². The van der Waals surface area contributed by atoms with E-state index in [2.05, 4.69) is 10.6 Å². The summed E-state index contributed by atoms with van der Waals surface area (Å²) in [6, 6.07) is 9.75. The lowest BCUT2D eigenvalue weighted by molar-refractivity contribution is -0.121. The van der Waals surface area contributed by atoms with Crippen LogP contribution in [0.3, 0.4) is 0 Å². The predicted molar refractivity (Wildman–Crippen MR) is 97.7 cm³/mol. The molecule has 0 aliphatic heterocycles. The van der Waals surface area contributed by atoms with Gasteiger partial charge in [-0.1, -0.05) is 29.8 Å². The van der Waals surface area contributed by atoms with Gasteiger partial charge in [0.1, 0.15) is 5.82 Å². The maximum absolute atomic E-state index is 12.8. The molecular formula is C20H21FN2O2. The van der Waals surface area contributed by atoms with E-state index in [1.165, 1.54) is 18.2 Å². The summed E-state index contributed by atoms with van der Waals surface area (Å²) in [6.45, 7) is 5.73. The van der Waals surface area contributed by atoms with Crippen molar-refractivity contribution in [3.8, 4) is 0 Å². The number of aryl methyl sites for hydroxylation is 3. The third-order valence-corrected chi connectivity index (χ3v) is 3.66. The Balaban J connectivity index is 1.87. The molecule has 2 rings (SSSR count). The van der Waals surface area contributed by atoms with Crippen LogP contribution < -0.4 is 10.6 Å². The van der Waals surface area contributed by atoms with E-state index in [-0.39, 0.29) is 18.3 Å². The fourth-order valence-electron chi connectivity index (χ4n) is 2.53. The smallest absolute Gasteiger partial charge is 0.244 e. The number of carbonyl (C=O) groups excluding carboxylic acids is 2. The van der Waals surface area contributed by atoms with Crippen molar-refractivity contribution in [1.29, 1.82) is 0 Å². The molecule has 0 heterocycles. The van der Waals surface area contributed by atoms with Crippen LogP contribution in [-0.4, -0.2) is 18.4 Å². The normalized spacial score (nSPS) is 10.7. The quantitative estimate of drug-likeness (QED) is 0.818. The SMILES string of the molecule is Cc1cc(C)c(NC(=O)CNC(=O)/C=C/c2ccc(F)cc2)c(C)c1. The highest BCUT2D eigenvalue weighted by atomic mass is 19.1. The zero-order valence-corrected chi connectivity index (χ0v) is 14.5. The summed E-state index contributed by atoms with van der Waals surface area (Å²) < 4.78 is 12.8. The molecule has 2 aromatic carbocycles. The maximum atomic E-state index is 12.8. The molecular weight excluding hydrogens is 319 g/mol. The Labute approximate surface area is 146 Å². The Morgan fingerprint density at radius 2 is 1.64 bits per heavy atom. The average molecular weight is 340 g/mol. The molecule has 0 aliphatic carbocycles. The molecule has 0 aliphatic rings. The molecule has 0 spiro atoms. The number of benzene rings is 2. The number of halogens is 1. The first kappa shape index (κ1) is 18.4. The fraction of sp³-hybridized carbons (Fsp3) is 0.200. The highest BCUT2D eigenvalue weighted by Crippen LogP contribution is 2.21. The summed E-state index contributed by atoms with van der Waals surface area (Å²) in [6.07, 6.45) is 2.86. The van der Waals surface area contributed by atoms with Gasteiger partial charge in [0, 0.05) is 11.8 Å². The molecule has 5 heteroatoms. The topological polar surface area (TPSA) is 58.2 Å². The maximum Gasteiger partial charge on any atom is 0.244 e. The van der Waals surface area contributed by atoms with E-state index in [1.807, 2.05) is 32.9 Å². The minimum absolute atomic E-state index is 0.126. The second kappa shape index (κ2) is 8.24. The Morgan fingerprint density at radius 1 is 1.04 bits per heavy atom. The van der Waals surface area contributed by atoms with Crippen molar-refractivity contribution in [3.05, 3.63) is 70.5 Å². The standard InChI is InChI=1S/C20H21FN2O2/c1-13-10-14(2)20(15(3)11-13)23-19(25)12-22-18(24)9-6-16-4-7-17(21)8-5-16/h4-11H,12H2,1-3H3,(H,22,24)(H,23,25)/b9-6+. The van der Waals surface area contributed by atoms with Crippen molar-refractivity contribution in [2.45, 2.75) is 20.8 Å². The van der Waals surface area contributed by atoms with E-state index in [4.69, 9.17) is 0 Å². The van der Waals surface area contributed by atoms with E-state index in [9.17, 15) is 14.0 Å². The van der Waals surface area contributed by atoms with E-state index in [0.717, 1.165) is 22.4 Å². The number of rotatable bonds is 5. The van der Waals surface area contributed by atoms with E-state index < -0.39 is 5.91 Å². The van der Waals surface area contributed by atoms with Gasteiger partial charge in [-0.25, -0.2) is 4.39 Å². The molecule has 25 heavy (non-hydrogen) atoms. The van der Waals surface area contributed by atoms with Gasteiger partial charge in [-0.15, -0.1) is 0 Å². The second-order valence-corrected chi connectivity index (χ2v) is 5.92. The highest BCUT2D eigenvalue weighted by molar-refractivity contribution is 5.98. The van der Waals surface area contributed by atoms with Crippen LogP contribution in [0.25, 0.3) is 6.08 Å². The molecule has 4 nitrogen and oxygen atoms in total. The first-order valence-corrected chi connectivity index (χ1v) is 7.94. The lowest BCUT2D eigenvalue weighted by Gasteiger charge is -2.13. The first-order chi connectivity index (χ1) is 11.8. The minimum atomic E-state index is -0.392. The van der Waals surface area contributed by atoms with Gasteiger partial charge in [0.15, 0.2) is 0 Å². The van der Waals surface area contributed by atoms with Gasteiger partial charge in [0.05, 0.1) is 6.54 Å². The molecule has 0 unspecified atom stereocenters. The first-order valence-electron chi connectivity index (χ1n) is 7.94. The lowest BCUT2D eigenvalue weighted by Crippen LogP contribution is -2.32. The second-order valence-electron chi connectivity index (χ2n) is 5.92. The van der Waals surface area contributed by atoms with Crippen LogP contribution in [0.15, 0.2) is 42.5 Å². The third-order valence-electron chi connectivity index (χ3n) is 3.66. The Hall–Kier alpha value is -2.95. The summed E-state index contributed by atoms with van der Waals surface area (Å²) in [5.74, 6) is -1.02. The molecule has 0 saturated heterocycles. The van der Waals surface area contributed by atoms with Gasteiger partial charge in [0.25, 0.3) is 0 Å². The summed E-state index contributed by atoms with van der Waals surface area (Å²) in [4.78, 5) is 23.8. The van der Waals surface area contributed by atoms with Crippen molar-refractivity contribution in [3.63, 3.8) is 0 Å². The Bertz CT molecular complexity index is 788. The number of amides is 2. The largest absolute Gasteiger partial charge is 0.343 e. The molecule has 2 amide bonds. The number of hydrogen-bond donors (Lipinski definition) is 2. The molecule has 0 atom stereocenters. The third kappa shape index (κ3) is 5.57. The lowest BCUT2D eigenvalue weighted by atomic mass is 10.1. The number of carbonyl (C=O) groups is 2. The van der Waals surface area contributed by atoms with Gasteiger partial charge < -0.3 is 10.6 Å². The van der Waals surface area contributed by atoms with Gasteiger partial charge in [-0.3, -0.25) is 9.59 Å². The highest BCUT2D eigenvalue weighted by Gasteiger charge is 2.09. The van der Waals surface area contributed by atoms with Crippen molar-refractivity contribution < 1.29 is 14.0 Å².